The van der Waals surface area contributed by atoms with Gasteiger partial charge in [-0.25, -0.2) is 9.37 Å². The van der Waals surface area contributed by atoms with Gasteiger partial charge >= 0.3 is 0 Å². The van der Waals surface area contributed by atoms with E-state index in [1.807, 2.05) is 35.7 Å². The number of aromatic nitrogens is 2. The van der Waals surface area contributed by atoms with E-state index in [2.05, 4.69) is 15.3 Å². The molecule has 2 aromatic heterocycles. The molecule has 0 fully saturated rings. The lowest BCUT2D eigenvalue weighted by Crippen LogP contribution is -2.26. The molecule has 0 aliphatic rings. The second-order valence-corrected chi connectivity index (χ2v) is 5.73. The third-order valence-electron chi connectivity index (χ3n) is 3.26. The minimum atomic E-state index is -0.620. The molecule has 0 saturated carbocycles. The molecule has 3 rings (SSSR count). The molecule has 1 N–H and O–H groups in total. The van der Waals surface area contributed by atoms with Gasteiger partial charge in [-0.3, -0.25) is 9.78 Å². The van der Waals surface area contributed by atoms with Crippen molar-refractivity contribution in [2.45, 2.75) is 6.42 Å². The van der Waals surface area contributed by atoms with E-state index in [1.165, 1.54) is 12.3 Å². The molecule has 0 aliphatic heterocycles. The minimum absolute atomic E-state index is 0.00301. The number of nitrogens with zero attached hydrogens (tertiary/aromatic N) is 2. The van der Waals surface area contributed by atoms with Crippen LogP contribution < -0.4 is 5.32 Å². The molecule has 0 unspecified atom stereocenters. The van der Waals surface area contributed by atoms with Gasteiger partial charge in [0.1, 0.15) is 5.01 Å². The second kappa shape index (κ2) is 7.11. The first kappa shape index (κ1) is 15.3. The monoisotopic (exact) mass is 327 g/mol. The summed E-state index contributed by atoms with van der Waals surface area (Å²) in [5.41, 5.74) is 1.99. The number of halogens is 1. The lowest BCUT2D eigenvalue weighted by atomic mass is 10.2. The smallest absolute Gasteiger partial charge is 0.254 e. The van der Waals surface area contributed by atoms with Gasteiger partial charge in [-0.05, 0) is 6.07 Å². The van der Waals surface area contributed by atoms with Crippen LogP contribution in [0.4, 0.5) is 4.39 Å². The molecule has 2 heterocycles. The maximum atomic E-state index is 13.4. The quantitative estimate of drug-likeness (QED) is 0.782. The Labute approximate surface area is 137 Å². The van der Waals surface area contributed by atoms with Crippen LogP contribution in [0.1, 0.15) is 16.1 Å². The van der Waals surface area contributed by atoms with E-state index in [-0.39, 0.29) is 5.56 Å². The third kappa shape index (κ3) is 3.78. The van der Waals surface area contributed by atoms with Crippen LogP contribution >= 0.6 is 11.3 Å². The highest BCUT2D eigenvalue weighted by molar-refractivity contribution is 7.13. The lowest BCUT2D eigenvalue weighted by Gasteiger charge is -2.04. The van der Waals surface area contributed by atoms with Crippen molar-refractivity contribution in [2.75, 3.05) is 6.54 Å². The lowest BCUT2D eigenvalue weighted by molar-refractivity contribution is 0.0950. The average Bonchev–Trinajstić information content (AvgIpc) is 3.05. The summed E-state index contributed by atoms with van der Waals surface area (Å²) in [5.74, 6) is -1.06. The van der Waals surface area contributed by atoms with E-state index < -0.39 is 11.7 Å². The average molecular weight is 327 g/mol. The summed E-state index contributed by atoms with van der Waals surface area (Å²) in [5, 5.41) is 5.62. The van der Waals surface area contributed by atoms with Gasteiger partial charge in [0.2, 0.25) is 0 Å². The van der Waals surface area contributed by atoms with E-state index in [9.17, 15) is 9.18 Å². The molecule has 6 heteroatoms. The van der Waals surface area contributed by atoms with Gasteiger partial charge in [-0.2, -0.15) is 0 Å². The molecule has 1 aromatic carbocycles. The van der Waals surface area contributed by atoms with Crippen LogP contribution in [0, 0.1) is 5.82 Å². The Morgan fingerprint density at radius 3 is 2.83 bits per heavy atom. The molecular weight excluding hydrogens is 313 g/mol. The van der Waals surface area contributed by atoms with E-state index in [0.29, 0.717) is 13.0 Å². The molecule has 23 heavy (non-hydrogen) atoms. The third-order valence-corrected chi connectivity index (χ3v) is 4.20. The summed E-state index contributed by atoms with van der Waals surface area (Å²) in [4.78, 5) is 20.1. The van der Waals surface area contributed by atoms with Crippen molar-refractivity contribution in [1.82, 2.24) is 15.3 Å². The zero-order chi connectivity index (χ0) is 16.1. The Balaban J connectivity index is 1.56. The van der Waals surface area contributed by atoms with Crippen molar-refractivity contribution in [1.29, 1.82) is 0 Å². The molecule has 0 atom stereocenters. The van der Waals surface area contributed by atoms with Crippen molar-refractivity contribution in [3.05, 3.63) is 71.2 Å². The van der Waals surface area contributed by atoms with Gasteiger partial charge in [-0.1, -0.05) is 30.3 Å². The van der Waals surface area contributed by atoms with Crippen LogP contribution in [0.3, 0.4) is 0 Å². The number of hydrogen-bond donors (Lipinski definition) is 1. The first-order valence-corrected chi connectivity index (χ1v) is 7.99. The van der Waals surface area contributed by atoms with E-state index >= 15 is 0 Å². The zero-order valence-electron chi connectivity index (χ0n) is 12.2. The first-order chi connectivity index (χ1) is 11.2. The Morgan fingerprint density at radius 2 is 2.04 bits per heavy atom. The summed E-state index contributed by atoms with van der Waals surface area (Å²) in [7, 11) is 0. The van der Waals surface area contributed by atoms with E-state index in [0.717, 1.165) is 22.5 Å². The number of rotatable bonds is 5. The van der Waals surface area contributed by atoms with Crippen molar-refractivity contribution in [3.8, 4) is 10.6 Å². The number of benzene rings is 1. The number of pyridine rings is 1. The fraction of sp³-hybridized carbons (Fsp3) is 0.118. The highest BCUT2D eigenvalue weighted by Crippen LogP contribution is 2.23. The minimum Gasteiger partial charge on any atom is -0.352 e. The number of carbonyl (C=O) groups is 1. The predicted octanol–water partition coefficient (Wildman–Crippen LogP) is 3.32. The Morgan fingerprint density at radius 1 is 1.22 bits per heavy atom. The van der Waals surface area contributed by atoms with Gasteiger partial charge < -0.3 is 5.32 Å². The van der Waals surface area contributed by atoms with Crippen LogP contribution in [-0.2, 0) is 6.42 Å². The molecule has 3 aromatic rings. The molecule has 0 spiro atoms. The van der Waals surface area contributed by atoms with E-state index in [1.54, 1.807) is 11.3 Å². The molecule has 0 bridgehead atoms. The highest BCUT2D eigenvalue weighted by Gasteiger charge is 2.11. The fourth-order valence-electron chi connectivity index (χ4n) is 2.09. The van der Waals surface area contributed by atoms with Crippen LogP contribution in [0.25, 0.3) is 10.6 Å². The fourth-order valence-corrected chi connectivity index (χ4v) is 2.95. The number of hydrogen-bond acceptors (Lipinski definition) is 4. The van der Waals surface area contributed by atoms with Crippen molar-refractivity contribution in [3.63, 3.8) is 0 Å². The summed E-state index contributed by atoms with van der Waals surface area (Å²) >= 11 is 1.57. The Bertz CT molecular complexity index is 804. The topological polar surface area (TPSA) is 54.9 Å². The maximum Gasteiger partial charge on any atom is 0.254 e. The van der Waals surface area contributed by atoms with Gasteiger partial charge in [0.05, 0.1) is 17.5 Å². The molecule has 4 nitrogen and oxygen atoms in total. The summed E-state index contributed by atoms with van der Waals surface area (Å²) in [6, 6.07) is 11.3. The van der Waals surface area contributed by atoms with Crippen molar-refractivity contribution < 1.29 is 9.18 Å². The molecule has 0 saturated heterocycles. The van der Waals surface area contributed by atoms with Crippen LogP contribution in [-0.4, -0.2) is 22.4 Å². The number of nitrogens with one attached hydrogen (secondary N) is 1. The standard InChI is InChI=1S/C17H14FN3OS/c18-15-10-19-8-7-14(15)16(22)20-9-6-13-11-23-17(21-13)12-4-2-1-3-5-12/h1-5,7-8,10-11H,6,9H2,(H,20,22). The van der Waals surface area contributed by atoms with Gasteiger partial charge in [0.15, 0.2) is 5.82 Å². The number of amides is 1. The van der Waals surface area contributed by atoms with Gasteiger partial charge in [0.25, 0.3) is 5.91 Å². The van der Waals surface area contributed by atoms with Crippen molar-refractivity contribution in [2.24, 2.45) is 0 Å². The molecule has 0 aliphatic carbocycles. The SMILES string of the molecule is O=C(NCCc1csc(-c2ccccc2)n1)c1ccncc1F. The van der Waals surface area contributed by atoms with Crippen LogP contribution in [0.15, 0.2) is 54.2 Å². The predicted molar refractivity (Wildman–Crippen MR) is 87.8 cm³/mol. The van der Waals surface area contributed by atoms with Gasteiger partial charge in [0, 0.05) is 30.1 Å². The molecule has 116 valence electrons. The first-order valence-electron chi connectivity index (χ1n) is 7.11. The van der Waals surface area contributed by atoms with Crippen LogP contribution in [0.5, 0.6) is 0 Å². The Kier molecular flexibility index (Phi) is 4.73. The highest BCUT2D eigenvalue weighted by atomic mass is 32.1. The maximum absolute atomic E-state index is 13.4. The number of carbonyl (C=O) groups excluding carboxylic acids is 1. The normalized spacial score (nSPS) is 10.5. The molecular formula is C17H14FN3OS. The Hall–Kier alpha value is -2.60. The molecule has 0 radical (unpaired) electrons. The largest absolute Gasteiger partial charge is 0.352 e. The number of thiazole rings is 1. The van der Waals surface area contributed by atoms with E-state index in [4.69, 9.17) is 0 Å². The van der Waals surface area contributed by atoms with Crippen LogP contribution in [0.2, 0.25) is 0 Å². The zero-order valence-corrected chi connectivity index (χ0v) is 13.0. The summed E-state index contributed by atoms with van der Waals surface area (Å²) in [6.45, 7) is 0.401. The van der Waals surface area contributed by atoms with Gasteiger partial charge in [-0.15, -0.1) is 11.3 Å². The second-order valence-electron chi connectivity index (χ2n) is 4.87. The molecule has 1 amide bonds. The summed E-state index contributed by atoms with van der Waals surface area (Å²) in [6.07, 6.45) is 3.02. The van der Waals surface area contributed by atoms with Crippen molar-refractivity contribution >= 4 is 17.2 Å². The summed E-state index contributed by atoms with van der Waals surface area (Å²) < 4.78 is 13.4.